The van der Waals surface area contributed by atoms with Crippen LogP contribution in [0.3, 0.4) is 0 Å². The molecule has 1 aliphatic rings. The maximum Gasteiger partial charge on any atom is 0.250 e. The van der Waals surface area contributed by atoms with E-state index in [4.69, 9.17) is 11.6 Å². The highest BCUT2D eigenvalue weighted by Crippen LogP contribution is 2.25. The van der Waals surface area contributed by atoms with Gasteiger partial charge >= 0.3 is 0 Å². The lowest BCUT2D eigenvalue weighted by Crippen LogP contribution is -2.25. The standard InChI is InChI=1S/C13H15ClN4O2S2/c14-10-3-4-13(21-10)22(19,20)16-9-11-15-6-5-12(17-11)18-7-1-2-8-18/h3-6,16H,1-2,7-9H2. The number of hydrogen-bond acceptors (Lipinski definition) is 6. The van der Waals surface area contributed by atoms with Gasteiger partial charge in [0.25, 0.3) is 10.0 Å². The Morgan fingerprint density at radius 1 is 1.27 bits per heavy atom. The molecule has 22 heavy (non-hydrogen) atoms. The first-order chi connectivity index (χ1) is 10.5. The van der Waals surface area contributed by atoms with Crippen LogP contribution in [0.4, 0.5) is 5.82 Å². The van der Waals surface area contributed by atoms with Gasteiger partial charge in [-0.05, 0) is 31.0 Å². The number of hydrogen-bond donors (Lipinski definition) is 1. The number of nitrogens with one attached hydrogen (secondary N) is 1. The van der Waals surface area contributed by atoms with Crippen LogP contribution in [0, 0.1) is 0 Å². The van der Waals surface area contributed by atoms with E-state index in [-0.39, 0.29) is 10.8 Å². The Bertz CT molecular complexity index is 757. The topological polar surface area (TPSA) is 75.2 Å². The number of nitrogens with zero attached hydrogens (tertiary/aromatic N) is 3. The molecule has 0 saturated carbocycles. The molecule has 1 fully saturated rings. The molecule has 0 aliphatic carbocycles. The van der Waals surface area contributed by atoms with E-state index in [1.807, 2.05) is 6.07 Å². The van der Waals surface area contributed by atoms with Crippen molar-refractivity contribution in [1.29, 1.82) is 0 Å². The van der Waals surface area contributed by atoms with Crippen LogP contribution in [0.5, 0.6) is 0 Å². The molecule has 0 aromatic carbocycles. The van der Waals surface area contributed by atoms with Crippen LogP contribution in [0.25, 0.3) is 0 Å². The molecule has 0 spiro atoms. The molecule has 3 heterocycles. The Labute approximate surface area is 138 Å². The molecule has 1 saturated heterocycles. The van der Waals surface area contributed by atoms with Crippen LogP contribution in [0.1, 0.15) is 18.7 Å². The molecular weight excluding hydrogens is 344 g/mol. The van der Waals surface area contributed by atoms with Gasteiger partial charge in [0.2, 0.25) is 0 Å². The third-order valence-electron chi connectivity index (χ3n) is 3.35. The molecule has 0 radical (unpaired) electrons. The highest BCUT2D eigenvalue weighted by Gasteiger charge is 2.18. The average Bonchev–Trinajstić information content (AvgIpc) is 3.17. The van der Waals surface area contributed by atoms with Gasteiger partial charge in [-0.15, -0.1) is 11.3 Å². The van der Waals surface area contributed by atoms with Crippen LogP contribution in [0.2, 0.25) is 4.34 Å². The van der Waals surface area contributed by atoms with Crippen LogP contribution >= 0.6 is 22.9 Å². The van der Waals surface area contributed by atoms with Crippen LogP contribution in [-0.2, 0) is 16.6 Å². The van der Waals surface area contributed by atoms with Crippen molar-refractivity contribution in [2.24, 2.45) is 0 Å². The van der Waals surface area contributed by atoms with Gasteiger partial charge in [0, 0.05) is 19.3 Å². The molecule has 3 rings (SSSR count). The predicted octanol–water partition coefficient (Wildman–Crippen LogP) is 2.27. The van der Waals surface area contributed by atoms with Crippen molar-refractivity contribution in [2.45, 2.75) is 23.6 Å². The predicted molar refractivity (Wildman–Crippen MR) is 86.8 cm³/mol. The van der Waals surface area contributed by atoms with E-state index in [0.29, 0.717) is 10.2 Å². The Hall–Kier alpha value is -1.22. The maximum absolute atomic E-state index is 12.1. The molecule has 9 heteroatoms. The lowest BCUT2D eigenvalue weighted by Gasteiger charge is -2.16. The summed E-state index contributed by atoms with van der Waals surface area (Å²) in [5, 5.41) is 0. The fourth-order valence-corrected chi connectivity index (χ4v) is 4.78. The summed E-state index contributed by atoms with van der Waals surface area (Å²) in [5.41, 5.74) is 0. The van der Waals surface area contributed by atoms with Crippen LogP contribution in [0.15, 0.2) is 28.6 Å². The first kappa shape index (κ1) is 15.7. The molecule has 0 amide bonds. The second-order valence-corrected chi connectivity index (χ2v) is 8.62. The summed E-state index contributed by atoms with van der Waals surface area (Å²) in [5.74, 6) is 1.30. The van der Waals surface area contributed by atoms with E-state index >= 15 is 0 Å². The first-order valence-electron chi connectivity index (χ1n) is 6.86. The Morgan fingerprint density at radius 2 is 2.05 bits per heavy atom. The molecule has 0 atom stereocenters. The highest BCUT2D eigenvalue weighted by molar-refractivity contribution is 7.91. The lowest BCUT2D eigenvalue weighted by atomic mass is 10.4. The van der Waals surface area contributed by atoms with E-state index in [2.05, 4.69) is 19.6 Å². The van der Waals surface area contributed by atoms with Crippen molar-refractivity contribution in [3.05, 3.63) is 34.6 Å². The SMILES string of the molecule is O=S(=O)(NCc1nccc(N2CCCC2)n1)c1ccc(Cl)s1. The van der Waals surface area contributed by atoms with Gasteiger partial charge in [-0.3, -0.25) is 0 Å². The third-order valence-corrected chi connectivity index (χ3v) is 6.48. The zero-order valence-electron chi connectivity index (χ0n) is 11.7. The number of aromatic nitrogens is 2. The Balaban J connectivity index is 1.69. The maximum atomic E-state index is 12.1. The van der Waals surface area contributed by atoms with Crippen molar-refractivity contribution >= 4 is 38.8 Å². The molecule has 2 aromatic rings. The van der Waals surface area contributed by atoms with Gasteiger partial charge in [0.05, 0.1) is 10.9 Å². The van der Waals surface area contributed by atoms with Crippen molar-refractivity contribution < 1.29 is 8.42 Å². The van der Waals surface area contributed by atoms with Crippen molar-refractivity contribution in [1.82, 2.24) is 14.7 Å². The van der Waals surface area contributed by atoms with Gasteiger partial charge in [-0.2, -0.15) is 0 Å². The molecule has 118 valence electrons. The Morgan fingerprint density at radius 3 is 2.73 bits per heavy atom. The smallest absolute Gasteiger partial charge is 0.250 e. The summed E-state index contributed by atoms with van der Waals surface area (Å²) in [6.07, 6.45) is 3.97. The van der Waals surface area contributed by atoms with E-state index < -0.39 is 10.0 Å². The zero-order chi connectivity index (χ0) is 15.6. The van der Waals surface area contributed by atoms with Gasteiger partial charge in [-0.1, -0.05) is 11.6 Å². The number of rotatable bonds is 5. The zero-order valence-corrected chi connectivity index (χ0v) is 14.1. The molecule has 1 aliphatic heterocycles. The minimum atomic E-state index is -3.58. The van der Waals surface area contributed by atoms with Crippen molar-refractivity contribution in [3.8, 4) is 0 Å². The number of halogens is 1. The van der Waals surface area contributed by atoms with Gasteiger partial charge < -0.3 is 4.90 Å². The van der Waals surface area contributed by atoms with E-state index in [9.17, 15) is 8.42 Å². The molecule has 1 N–H and O–H groups in total. The fraction of sp³-hybridized carbons (Fsp3) is 0.385. The Kier molecular flexibility index (Phi) is 4.62. The largest absolute Gasteiger partial charge is 0.357 e. The first-order valence-corrected chi connectivity index (χ1v) is 9.54. The molecule has 0 bridgehead atoms. The summed E-state index contributed by atoms with van der Waals surface area (Å²) in [7, 11) is -3.58. The number of sulfonamides is 1. The van der Waals surface area contributed by atoms with Gasteiger partial charge in [-0.25, -0.2) is 23.1 Å². The highest BCUT2D eigenvalue weighted by atomic mass is 35.5. The molecular formula is C13H15ClN4O2S2. The summed E-state index contributed by atoms with van der Waals surface area (Å²) < 4.78 is 27.4. The molecule has 2 aromatic heterocycles. The van der Waals surface area contributed by atoms with E-state index in [0.717, 1.165) is 43.1 Å². The summed E-state index contributed by atoms with van der Waals surface area (Å²) >= 11 is 6.79. The fourth-order valence-electron chi connectivity index (χ4n) is 2.27. The minimum Gasteiger partial charge on any atom is -0.357 e. The van der Waals surface area contributed by atoms with Crippen molar-refractivity contribution in [2.75, 3.05) is 18.0 Å². The third kappa shape index (κ3) is 3.57. The van der Waals surface area contributed by atoms with Crippen LogP contribution in [-0.4, -0.2) is 31.5 Å². The molecule has 0 unspecified atom stereocenters. The molecule has 6 nitrogen and oxygen atoms in total. The quantitative estimate of drug-likeness (QED) is 0.887. The van der Waals surface area contributed by atoms with Crippen molar-refractivity contribution in [3.63, 3.8) is 0 Å². The summed E-state index contributed by atoms with van der Waals surface area (Å²) in [6, 6.07) is 4.89. The van der Waals surface area contributed by atoms with E-state index in [1.54, 1.807) is 12.3 Å². The second kappa shape index (κ2) is 6.49. The van der Waals surface area contributed by atoms with E-state index in [1.165, 1.54) is 6.07 Å². The summed E-state index contributed by atoms with van der Waals surface area (Å²) in [6.45, 7) is 2.02. The van der Waals surface area contributed by atoms with Gasteiger partial charge in [0.1, 0.15) is 15.9 Å². The second-order valence-electron chi connectivity index (χ2n) is 4.91. The lowest BCUT2D eigenvalue weighted by molar-refractivity contribution is 0.581. The van der Waals surface area contributed by atoms with Crippen LogP contribution < -0.4 is 9.62 Å². The monoisotopic (exact) mass is 358 g/mol. The number of thiophene rings is 1. The summed E-state index contributed by atoms with van der Waals surface area (Å²) in [4.78, 5) is 10.7. The minimum absolute atomic E-state index is 0.0551. The average molecular weight is 359 g/mol. The normalized spacial score (nSPS) is 15.4. The van der Waals surface area contributed by atoms with Gasteiger partial charge in [0.15, 0.2) is 0 Å². The number of anilines is 1.